The van der Waals surface area contributed by atoms with E-state index in [2.05, 4.69) is 12.2 Å². The molecule has 116 valence electrons. The van der Waals surface area contributed by atoms with E-state index in [1.165, 1.54) is 25.5 Å². The second kappa shape index (κ2) is 5.60. The number of sulfone groups is 1. The van der Waals surface area contributed by atoms with Gasteiger partial charge >= 0.3 is 0 Å². The van der Waals surface area contributed by atoms with E-state index < -0.39 is 9.84 Å². The highest BCUT2D eigenvalue weighted by Crippen LogP contribution is 2.70. The monoisotopic (exact) mass is 299 g/mol. The second-order valence-corrected chi connectivity index (χ2v) is 9.66. The molecular weight excluding hydrogens is 270 g/mol. The fourth-order valence-corrected chi connectivity index (χ4v) is 5.95. The second-order valence-electron chi connectivity index (χ2n) is 7.40. The van der Waals surface area contributed by atoms with Gasteiger partial charge in [0.25, 0.3) is 0 Å². The Kier molecular flexibility index (Phi) is 4.15. The van der Waals surface area contributed by atoms with Gasteiger partial charge in [-0.2, -0.15) is 0 Å². The van der Waals surface area contributed by atoms with E-state index in [4.69, 9.17) is 0 Å². The van der Waals surface area contributed by atoms with Crippen molar-refractivity contribution in [2.45, 2.75) is 51.5 Å². The number of fused-ring (bicyclic) bond motifs is 5. The van der Waals surface area contributed by atoms with Crippen LogP contribution in [0, 0.1) is 29.6 Å². The molecule has 4 heteroatoms. The SMILES string of the molecule is CCCNC(CCCS(C)(=O)=O)C1C2C3CCC(C3)C21. The molecule has 0 aromatic rings. The summed E-state index contributed by atoms with van der Waals surface area (Å²) in [6, 6.07) is 0.579. The zero-order valence-corrected chi connectivity index (χ0v) is 13.7. The van der Waals surface area contributed by atoms with Crippen molar-refractivity contribution in [3.63, 3.8) is 0 Å². The predicted molar refractivity (Wildman–Crippen MR) is 82.3 cm³/mol. The Labute approximate surface area is 123 Å². The maximum Gasteiger partial charge on any atom is 0.147 e. The Balaban J connectivity index is 1.54. The van der Waals surface area contributed by atoms with Gasteiger partial charge in [0, 0.05) is 18.1 Å². The van der Waals surface area contributed by atoms with Crippen LogP contribution in [0.25, 0.3) is 0 Å². The molecule has 0 amide bonds. The van der Waals surface area contributed by atoms with Crippen LogP contribution >= 0.6 is 0 Å². The Bertz CT molecular complexity index is 431. The molecule has 1 N–H and O–H groups in total. The summed E-state index contributed by atoms with van der Waals surface area (Å²) in [5, 5.41) is 3.72. The van der Waals surface area contributed by atoms with Crippen LogP contribution in [-0.4, -0.2) is 33.0 Å². The summed E-state index contributed by atoms with van der Waals surface area (Å²) in [5.41, 5.74) is 0. The molecule has 0 aromatic heterocycles. The molecule has 0 aromatic carbocycles. The number of hydrogen-bond acceptors (Lipinski definition) is 3. The molecule has 5 atom stereocenters. The Hall–Kier alpha value is -0.0900. The Morgan fingerprint density at radius 1 is 1.20 bits per heavy atom. The van der Waals surface area contributed by atoms with Crippen LogP contribution in [0.15, 0.2) is 0 Å². The van der Waals surface area contributed by atoms with E-state index in [1.54, 1.807) is 0 Å². The van der Waals surface area contributed by atoms with Crippen molar-refractivity contribution in [3.8, 4) is 0 Å². The minimum absolute atomic E-state index is 0.353. The van der Waals surface area contributed by atoms with Crippen LogP contribution in [-0.2, 0) is 9.84 Å². The van der Waals surface area contributed by atoms with Gasteiger partial charge in [-0.15, -0.1) is 0 Å². The molecule has 3 saturated carbocycles. The summed E-state index contributed by atoms with van der Waals surface area (Å²) >= 11 is 0. The fraction of sp³-hybridized carbons (Fsp3) is 1.00. The zero-order chi connectivity index (χ0) is 14.3. The highest BCUT2D eigenvalue weighted by atomic mass is 32.2. The summed E-state index contributed by atoms with van der Waals surface area (Å²) in [5.74, 6) is 5.22. The van der Waals surface area contributed by atoms with Gasteiger partial charge in [0.1, 0.15) is 9.84 Å². The molecule has 0 spiro atoms. The van der Waals surface area contributed by atoms with E-state index in [1.807, 2.05) is 0 Å². The number of nitrogens with one attached hydrogen (secondary N) is 1. The normalized spacial score (nSPS) is 39.8. The van der Waals surface area contributed by atoms with Crippen molar-refractivity contribution >= 4 is 9.84 Å². The first-order chi connectivity index (χ1) is 9.51. The first kappa shape index (κ1) is 14.8. The summed E-state index contributed by atoms with van der Waals surface area (Å²) < 4.78 is 22.6. The summed E-state index contributed by atoms with van der Waals surface area (Å²) in [6.07, 6.45) is 8.81. The third-order valence-corrected chi connectivity index (χ3v) is 6.98. The van der Waals surface area contributed by atoms with Gasteiger partial charge in [-0.05, 0) is 74.7 Å². The van der Waals surface area contributed by atoms with Crippen LogP contribution in [0.4, 0.5) is 0 Å². The third-order valence-electron chi connectivity index (χ3n) is 5.95. The summed E-state index contributed by atoms with van der Waals surface area (Å²) in [4.78, 5) is 0. The largest absolute Gasteiger partial charge is 0.314 e. The molecule has 5 unspecified atom stereocenters. The van der Waals surface area contributed by atoms with Crippen molar-refractivity contribution in [2.24, 2.45) is 29.6 Å². The van der Waals surface area contributed by atoms with Crippen molar-refractivity contribution in [1.82, 2.24) is 5.32 Å². The molecule has 3 rings (SSSR count). The molecule has 0 aliphatic heterocycles. The molecular formula is C16H29NO2S. The van der Waals surface area contributed by atoms with Gasteiger partial charge in [0.15, 0.2) is 0 Å². The van der Waals surface area contributed by atoms with E-state index >= 15 is 0 Å². The third kappa shape index (κ3) is 2.92. The number of rotatable bonds is 8. The zero-order valence-electron chi connectivity index (χ0n) is 12.8. The van der Waals surface area contributed by atoms with Crippen molar-refractivity contribution in [2.75, 3.05) is 18.6 Å². The van der Waals surface area contributed by atoms with Gasteiger partial charge < -0.3 is 5.32 Å². The lowest BCUT2D eigenvalue weighted by molar-refractivity contribution is 0.347. The average Bonchev–Trinajstić information content (AvgIpc) is 2.80. The molecule has 0 saturated heterocycles. The highest BCUT2D eigenvalue weighted by molar-refractivity contribution is 7.90. The maximum atomic E-state index is 11.3. The average molecular weight is 299 g/mol. The van der Waals surface area contributed by atoms with Crippen molar-refractivity contribution in [1.29, 1.82) is 0 Å². The van der Waals surface area contributed by atoms with E-state index in [0.29, 0.717) is 11.8 Å². The minimum atomic E-state index is -2.80. The van der Waals surface area contributed by atoms with Crippen LogP contribution in [0.1, 0.15) is 45.4 Å². The van der Waals surface area contributed by atoms with Crippen LogP contribution in [0.2, 0.25) is 0 Å². The molecule has 3 aliphatic rings. The topological polar surface area (TPSA) is 46.2 Å². The van der Waals surface area contributed by atoms with Crippen LogP contribution < -0.4 is 5.32 Å². The Morgan fingerprint density at radius 2 is 1.85 bits per heavy atom. The molecule has 0 radical (unpaired) electrons. The van der Waals surface area contributed by atoms with Crippen molar-refractivity contribution in [3.05, 3.63) is 0 Å². The molecule has 0 heterocycles. The van der Waals surface area contributed by atoms with Crippen LogP contribution in [0.5, 0.6) is 0 Å². The fourth-order valence-electron chi connectivity index (χ4n) is 5.26. The first-order valence-corrected chi connectivity index (χ1v) is 10.5. The number of hydrogen-bond donors (Lipinski definition) is 1. The minimum Gasteiger partial charge on any atom is -0.314 e. The first-order valence-electron chi connectivity index (χ1n) is 8.42. The lowest BCUT2D eigenvalue weighted by Gasteiger charge is -2.22. The molecule has 2 bridgehead atoms. The molecule has 20 heavy (non-hydrogen) atoms. The van der Waals surface area contributed by atoms with Crippen molar-refractivity contribution < 1.29 is 8.42 Å². The van der Waals surface area contributed by atoms with E-state index in [0.717, 1.165) is 55.4 Å². The lowest BCUT2D eigenvalue weighted by atomic mass is 9.95. The molecule has 3 aliphatic carbocycles. The molecule has 3 nitrogen and oxygen atoms in total. The van der Waals surface area contributed by atoms with Crippen LogP contribution in [0.3, 0.4) is 0 Å². The quantitative estimate of drug-likeness (QED) is 0.749. The maximum absolute atomic E-state index is 11.3. The predicted octanol–water partition coefficient (Wildman–Crippen LogP) is 2.47. The summed E-state index contributed by atoms with van der Waals surface area (Å²) in [7, 11) is -2.80. The highest BCUT2D eigenvalue weighted by Gasteiger charge is 2.66. The van der Waals surface area contributed by atoms with Gasteiger partial charge in [0.2, 0.25) is 0 Å². The van der Waals surface area contributed by atoms with E-state index in [-0.39, 0.29) is 0 Å². The smallest absolute Gasteiger partial charge is 0.147 e. The lowest BCUT2D eigenvalue weighted by Crippen LogP contribution is -2.34. The molecule has 3 fully saturated rings. The standard InChI is InChI=1S/C16H29NO2S/c1-3-8-17-13(5-4-9-20(2,18)19)16-14-11-6-7-12(10-11)15(14)16/h11-17H,3-10H2,1-2H3. The van der Waals surface area contributed by atoms with Gasteiger partial charge in [-0.1, -0.05) is 6.92 Å². The van der Waals surface area contributed by atoms with Gasteiger partial charge in [0.05, 0.1) is 0 Å². The Morgan fingerprint density at radius 3 is 2.40 bits per heavy atom. The summed E-state index contributed by atoms with van der Waals surface area (Å²) in [6.45, 7) is 3.28. The van der Waals surface area contributed by atoms with E-state index in [9.17, 15) is 8.42 Å². The van der Waals surface area contributed by atoms with Gasteiger partial charge in [-0.25, -0.2) is 8.42 Å². The van der Waals surface area contributed by atoms with Gasteiger partial charge in [-0.3, -0.25) is 0 Å².